The van der Waals surface area contributed by atoms with Crippen LogP contribution >= 0.6 is 0 Å². The van der Waals surface area contributed by atoms with Gasteiger partial charge in [0.15, 0.2) is 0 Å². The summed E-state index contributed by atoms with van der Waals surface area (Å²) in [6.45, 7) is 5.45. The van der Waals surface area contributed by atoms with Crippen molar-refractivity contribution < 1.29 is 9.53 Å². The normalized spacial score (nSPS) is 10.6. The highest BCUT2D eigenvalue weighted by Gasteiger charge is 2.01. The number of rotatable bonds is 3. The molecule has 0 aliphatic rings. The molecule has 2 heteroatoms. The van der Waals surface area contributed by atoms with Crippen molar-refractivity contribution in [3.05, 3.63) is 41.5 Å². The average molecular weight is 204 g/mol. The van der Waals surface area contributed by atoms with Crippen LogP contribution in [0.4, 0.5) is 0 Å². The molecule has 15 heavy (non-hydrogen) atoms. The minimum absolute atomic E-state index is 0.282. The Morgan fingerprint density at radius 2 is 2.20 bits per heavy atom. The van der Waals surface area contributed by atoms with Crippen molar-refractivity contribution in [3.63, 3.8) is 0 Å². The SMILES string of the molecule is CC=CCc1cc(OC(C)=O)ccc1C. The highest BCUT2D eigenvalue weighted by molar-refractivity contribution is 5.69. The smallest absolute Gasteiger partial charge is 0.308 e. The summed E-state index contributed by atoms with van der Waals surface area (Å²) in [5, 5.41) is 0. The Balaban J connectivity index is 2.89. The van der Waals surface area contributed by atoms with Gasteiger partial charge in [-0.1, -0.05) is 18.2 Å². The maximum absolute atomic E-state index is 10.8. The lowest BCUT2D eigenvalue weighted by Crippen LogP contribution is -2.02. The average Bonchev–Trinajstić information content (AvgIpc) is 2.18. The summed E-state index contributed by atoms with van der Waals surface area (Å²) in [5.74, 6) is 0.337. The van der Waals surface area contributed by atoms with Crippen molar-refractivity contribution in [2.24, 2.45) is 0 Å². The van der Waals surface area contributed by atoms with Crippen LogP contribution in [0.15, 0.2) is 30.4 Å². The summed E-state index contributed by atoms with van der Waals surface area (Å²) in [5.41, 5.74) is 2.40. The number of aryl methyl sites for hydroxylation is 1. The monoisotopic (exact) mass is 204 g/mol. The van der Waals surface area contributed by atoms with E-state index in [-0.39, 0.29) is 5.97 Å². The third-order valence-corrected chi connectivity index (χ3v) is 2.16. The van der Waals surface area contributed by atoms with Gasteiger partial charge in [0.05, 0.1) is 0 Å². The Kier molecular flexibility index (Phi) is 4.10. The molecule has 0 fully saturated rings. The van der Waals surface area contributed by atoms with E-state index in [1.807, 2.05) is 31.2 Å². The summed E-state index contributed by atoms with van der Waals surface area (Å²) in [6.07, 6.45) is 4.97. The number of carbonyl (C=O) groups excluding carboxylic acids is 1. The molecule has 0 spiro atoms. The molecule has 1 aromatic carbocycles. The number of carbonyl (C=O) groups is 1. The molecule has 0 unspecified atom stereocenters. The van der Waals surface area contributed by atoms with Gasteiger partial charge in [0.1, 0.15) is 5.75 Å². The molecule has 2 nitrogen and oxygen atoms in total. The molecule has 0 radical (unpaired) electrons. The second-order valence-electron chi connectivity index (χ2n) is 3.46. The van der Waals surface area contributed by atoms with E-state index in [1.165, 1.54) is 18.1 Å². The van der Waals surface area contributed by atoms with Gasteiger partial charge in [0, 0.05) is 6.92 Å². The number of esters is 1. The van der Waals surface area contributed by atoms with Gasteiger partial charge in [0.25, 0.3) is 0 Å². The van der Waals surface area contributed by atoms with Crippen LogP contribution in [0.1, 0.15) is 25.0 Å². The molecule has 0 atom stereocenters. The molecule has 0 aliphatic heterocycles. The summed E-state index contributed by atoms with van der Waals surface area (Å²) >= 11 is 0. The van der Waals surface area contributed by atoms with E-state index in [9.17, 15) is 4.79 Å². The fourth-order valence-electron chi connectivity index (χ4n) is 1.34. The topological polar surface area (TPSA) is 26.3 Å². The molecule has 1 aromatic rings. The first-order chi connectivity index (χ1) is 7.13. The van der Waals surface area contributed by atoms with Gasteiger partial charge in [-0.2, -0.15) is 0 Å². The van der Waals surface area contributed by atoms with E-state index in [2.05, 4.69) is 13.0 Å². The second-order valence-corrected chi connectivity index (χ2v) is 3.46. The molecule has 0 saturated carbocycles. The number of hydrogen-bond acceptors (Lipinski definition) is 2. The molecule has 0 amide bonds. The van der Waals surface area contributed by atoms with E-state index in [1.54, 1.807) is 0 Å². The van der Waals surface area contributed by atoms with E-state index >= 15 is 0 Å². The highest BCUT2D eigenvalue weighted by Crippen LogP contribution is 2.18. The lowest BCUT2D eigenvalue weighted by atomic mass is 10.1. The quantitative estimate of drug-likeness (QED) is 0.430. The van der Waals surface area contributed by atoms with Gasteiger partial charge < -0.3 is 4.74 Å². The molecule has 0 heterocycles. The zero-order chi connectivity index (χ0) is 11.3. The van der Waals surface area contributed by atoms with Crippen molar-refractivity contribution in [1.29, 1.82) is 0 Å². The van der Waals surface area contributed by atoms with E-state index in [0.717, 1.165) is 6.42 Å². The van der Waals surface area contributed by atoms with Crippen molar-refractivity contribution in [1.82, 2.24) is 0 Å². The van der Waals surface area contributed by atoms with E-state index in [4.69, 9.17) is 4.74 Å². The second kappa shape index (κ2) is 5.35. The van der Waals surface area contributed by atoms with Gasteiger partial charge in [-0.15, -0.1) is 0 Å². The number of hydrogen-bond donors (Lipinski definition) is 0. The maximum atomic E-state index is 10.8. The number of allylic oxidation sites excluding steroid dienone is 2. The molecule has 0 bridgehead atoms. The Bertz CT molecular complexity index is 378. The molecule has 0 saturated heterocycles. The Morgan fingerprint density at radius 3 is 2.80 bits per heavy atom. The van der Waals surface area contributed by atoms with Crippen molar-refractivity contribution >= 4 is 5.97 Å². The first-order valence-corrected chi connectivity index (χ1v) is 5.02. The Hall–Kier alpha value is -1.57. The number of ether oxygens (including phenoxy) is 1. The predicted molar refractivity (Wildman–Crippen MR) is 61.0 cm³/mol. The van der Waals surface area contributed by atoms with Crippen LogP contribution in [-0.2, 0) is 11.2 Å². The predicted octanol–water partition coefficient (Wildman–Crippen LogP) is 3.04. The number of benzene rings is 1. The lowest BCUT2D eigenvalue weighted by Gasteiger charge is -2.06. The zero-order valence-corrected chi connectivity index (χ0v) is 9.41. The van der Waals surface area contributed by atoms with Crippen molar-refractivity contribution in [3.8, 4) is 5.75 Å². The molecule has 1 rings (SSSR count). The maximum Gasteiger partial charge on any atom is 0.308 e. The molecule has 0 aliphatic carbocycles. The third-order valence-electron chi connectivity index (χ3n) is 2.16. The van der Waals surface area contributed by atoms with Crippen LogP contribution in [0.5, 0.6) is 5.75 Å². The zero-order valence-electron chi connectivity index (χ0n) is 9.41. The molecular formula is C13H16O2. The summed E-state index contributed by atoms with van der Waals surface area (Å²) in [7, 11) is 0. The van der Waals surface area contributed by atoms with Crippen molar-refractivity contribution in [2.45, 2.75) is 27.2 Å². The fourth-order valence-corrected chi connectivity index (χ4v) is 1.34. The van der Waals surface area contributed by atoms with Gasteiger partial charge in [-0.05, 0) is 43.5 Å². The van der Waals surface area contributed by atoms with Gasteiger partial charge in [-0.3, -0.25) is 4.79 Å². The van der Waals surface area contributed by atoms with Crippen LogP contribution in [-0.4, -0.2) is 5.97 Å². The first kappa shape index (κ1) is 11.5. The highest BCUT2D eigenvalue weighted by atomic mass is 16.5. The Labute approximate surface area is 90.6 Å². The molecular weight excluding hydrogens is 188 g/mol. The van der Waals surface area contributed by atoms with E-state index in [0.29, 0.717) is 5.75 Å². The molecule has 80 valence electrons. The van der Waals surface area contributed by atoms with Crippen LogP contribution in [0.3, 0.4) is 0 Å². The minimum Gasteiger partial charge on any atom is -0.427 e. The first-order valence-electron chi connectivity index (χ1n) is 5.02. The van der Waals surface area contributed by atoms with Gasteiger partial charge in [-0.25, -0.2) is 0 Å². The van der Waals surface area contributed by atoms with E-state index < -0.39 is 0 Å². The summed E-state index contributed by atoms with van der Waals surface area (Å²) in [6, 6.07) is 5.70. The van der Waals surface area contributed by atoms with Gasteiger partial charge in [0.2, 0.25) is 0 Å². The van der Waals surface area contributed by atoms with Crippen molar-refractivity contribution in [2.75, 3.05) is 0 Å². The molecule has 0 aromatic heterocycles. The Morgan fingerprint density at radius 1 is 1.47 bits per heavy atom. The lowest BCUT2D eigenvalue weighted by molar-refractivity contribution is -0.131. The minimum atomic E-state index is -0.282. The van der Waals surface area contributed by atoms with Crippen LogP contribution < -0.4 is 4.74 Å². The summed E-state index contributed by atoms with van der Waals surface area (Å²) < 4.78 is 5.03. The fraction of sp³-hybridized carbons (Fsp3) is 0.308. The van der Waals surface area contributed by atoms with Crippen LogP contribution in [0.25, 0.3) is 0 Å². The van der Waals surface area contributed by atoms with Crippen LogP contribution in [0, 0.1) is 6.92 Å². The largest absolute Gasteiger partial charge is 0.427 e. The molecule has 0 N–H and O–H groups in total. The van der Waals surface area contributed by atoms with Crippen LogP contribution in [0.2, 0.25) is 0 Å². The summed E-state index contributed by atoms with van der Waals surface area (Å²) in [4.78, 5) is 10.8. The van der Waals surface area contributed by atoms with Gasteiger partial charge >= 0.3 is 5.97 Å². The third kappa shape index (κ3) is 3.58. The standard InChI is InChI=1S/C13H16O2/c1-4-5-6-12-9-13(15-11(3)14)8-7-10(12)2/h4-5,7-9H,6H2,1-3H3.